The molecule has 0 aliphatic heterocycles. The Hall–Kier alpha value is -0.0800. The summed E-state index contributed by atoms with van der Waals surface area (Å²) in [5.41, 5.74) is 0. The van der Waals surface area contributed by atoms with Gasteiger partial charge in [0.1, 0.15) is 0 Å². The third-order valence-corrected chi connectivity index (χ3v) is 14.2. The standard InChI is InChI=1S/C59H122N2/c1-4-6-8-10-12-14-16-18-20-28-32-36-40-44-48-52-56-60-57-53-49-45-41-37-33-29-26-24-22-23-25-27-31-35-39-43-47-51-55-59-61(3)58-54-50-46-42-38-34-30-21-19-17-15-13-11-9-7-5-2/h60H,4-59H2,1-3H3. The second-order valence-corrected chi connectivity index (χ2v) is 20.7. The quantitative estimate of drug-likeness (QED) is 0.0613. The van der Waals surface area contributed by atoms with Gasteiger partial charge in [0.25, 0.3) is 0 Å². The minimum absolute atomic E-state index is 1.25. The average Bonchev–Trinajstić information content (AvgIpc) is 3.27. The number of hydrogen-bond donors (Lipinski definition) is 1. The molecule has 0 amide bonds. The van der Waals surface area contributed by atoms with Crippen LogP contribution in [0.25, 0.3) is 0 Å². The van der Waals surface area contributed by atoms with Gasteiger partial charge >= 0.3 is 0 Å². The second-order valence-electron chi connectivity index (χ2n) is 20.7. The Bertz CT molecular complexity index is 722. The topological polar surface area (TPSA) is 15.3 Å². The zero-order valence-corrected chi connectivity index (χ0v) is 43.5. The minimum atomic E-state index is 1.25. The van der Waals surface area contributed by atoms with Gasteiger partial charge in [-0.25, -0.2) is 0 Å². The molecule has 0 heterocycles. The number of nitrogens with one attached hydrogen (secondary N) is 1. The van der Waals surface area contributed by atoms with Gasteiger partial charge in [0.2, 0.25) is 0 Å². The van der Waals surface area contributed by atoms with Crippen molar-refractivity contribution in [2.75, 3.05) is 33.2 Å². The molecule has 0 unspecified atom stereocenters. The van der Waals surface area contributed by atoms with Crippen molar-refractivity contribution in [3.8, 4) is 0 Å². The summed E-state index contributed by atoms with van der Waals surface area (Å²) < 4.78 is 0. The lowest BCUT2D eigenvalue weighted by Crippen LogP contribution is -2.20. The molecule has 0 aromatic rings. The van der Waals surface area contributed by atoms with E-state index in [1.165, 1.54) is 360 Å². The molecular formula is C59H122N2. The minimum Gasteiger partial charge on any atom is -0.317 e. The fourth-order valence-electron chi connectivity index (χ4n) is 9.78. The molecule has 2 heteroatoms. The lowest BCUT2D eigenvalue weighted by molar-refractivity contribution is 0.314. The molecule has 0 saturated carbocycles. The Labute approximate surface area is 389 Å². The molecule has 0 rings (SSSR count). The van der Waals surface area contributed by atoms with E-state index in [9.17, 15) is 0 Å². The van der Waals surface area contributed by atoms with Crippen molar-refractivity contribution in [2.24, 2.45) is 0 Å². The summed E-state index contributed by atoms with van der Waals surface area (Å²) in [6.07, 6.45) is 76.1. The van der Waals surface area contributed by atoms with Gasteiger partial charge in [-0.3, -0.25) is 0 Å². The van der Waals surface area contributed by atoms with Crippen LogP contribution < -0.4 is 5.32 Å². The van der Waals surface area contributed by atoms with Crippen LogP contribution in [0.5, 0.6) is 0 Å². The summed E-state index contributed by atoms with van der Waals surface area (Å²) in [5.74, 6) is 0. The van der Waals surface area contributed by atoms with E-state index in [4.69, 9.17) is 0 Å². The van der Waals surface area contributed by atoms with Crippen LogP contribution in [0.2, 0.25) is 0 Å². The largest absolute Gasteiger partial charge is 0.317 e. The van der Waals surface area contributed by atoms with Crippen LogP contribution in [0.3, 0.4) is 0 Å². The molecule has 0 aromatic heterocycles. The first-order valence-corrected chi connectivity index (χ1v) is 29.7. The molecular weight excluding hydrogens is 737 g/mol. The van der Waals surface area contributed by atoms with E-state index in [1.807, 2.05) is 0 Å². The second kappa shape index (κ2) is 57.9. The molecule has 0 atom stereocenters. The van der Waals surface area contributed by atoms with Crippen molar-refractivity contribution < 1.29 is 0 Å². The van der Waals surface area contributed by atoms with E-state index < -0.39 is 0 Å². The summed E-state index contributed by atoms with van der Waals surface area (Å²) in [6, 6.07) is 0. The summed E-state index contributed by atoms with van der Waals surface area (Å²) in [7, 11) is 2.36. The lowest BCUT2D eigenvalue weighted by atomic mass is 10.0. The van der Waals surface area contributed by atoms with E-state index in [0.29, 0.717) is 0 Å². The fraction of sp³-hybridized carbons (Fsp3) is 1.00. The number of hydrogen-bond acceptors (Lipinski definition) is 2. The Morgan fingerprint density at radius 2 is 0.344 bits per heavy atom. The fourth-order valence-corrected chi connectivity index (χ4v) is 9.78. The highest BCUT2D eigenvalue weighted by Crippen LogP contribution is 2.17. The van der Waals surface area contributed by atoms with Crippen molar-refractivity contribution in [2.45, 2.75) is 348 Å². The van der Waals surface area contributed by atoms with Gasteiger partial charge in [-0.2, -0.15) is 0 Å². The third-order valence-electron chi connectivity index (χ3n) is 14.2. The highest BCUT2D eigenvalue weighted by Gasteiger charge is 2.01. The molecule has 2 nitrogen and oxygen atoms in total. The van der Waals surface area contributed by atoms with Crippen LogP contribution in [0, 0.1) is 0 Å². The first-order chi connectivity index (χ1) is 30.3. The molecule has 0 fully saturated rings. The van der Waals surface area contributed by atoms with Crippen LogP contribution in [0.1, 0.15) is 348 Å². The van der Waals surface area contributed by atoms with Crippen molar-refractivity contribution in [3.05, 3.63) is 0 Å². The molecule has 0 bridgehead atoms. The molecule has 0 aromatic carbocycles. The normalized spacial score (nSPS) is 11.8. The Balaban J connectivity index is 3.12. The van der Waals surface area contributed by atoms with Gasteiger partial charge in [-0.1, -0.05) is 322 Å². The van der Waals surface area contributed by atoms with Crippen LogP contribution in [0.15, 0.2) is 0 Å². The van der Waals surface area contributed by atoms with Gasteiger partial charge in [0, 0.05) is 0 Å². The van der Waals surface area contributed by atoms with Crippen LogP contribution >= 0.6 is 0 Å². The Kier molecular flexibility index (Phi) is 57.9. The Morgan fingerprint density at radius 3 is 0.525 bits per heavy atom. The maximum atomic E-state index is 3.71. The smallest absolute Gasteiger partial charge is 0.00218 e. The number of rotatable bonds is 57. The maximum absolute atomic E-state index is 3.71. The van der Waals surface area contributed by atoms with Crippen molar-refractivity contribution >= 4 is 0 Å². The molecule has 0 aliphatic rings. The summed E-state index contributed by atoms with van der Waals surface area (Å²) in [4.78, 5) is 2.60. The maximum Gasteiger partial charge on any atom is -0.00218 e. The Morgan fingerprint density at radius 1 is 0.197 bits per heavy atom. The highest BCUT2D eigenvalue weighted by molar-refractivity contribution is 4.57. The number of nitrogens with zero attached hydrogens (tertiary/aromatic N) is 1. The van der Waals surface area contributed by atoms with Crippen molar-refractivity contribution in [1.29, 1.82) is 0 Å². The first kappa shape index (κ1) is 60.9. The van der Waals surface area contributed by atoms with Crippen molar-refractivity contribution in [3.63, 3.8) is 0 Å². The third kappa shape index (κ3) is 57.9. The van der Waals surface area contributed by atoms with Crippen LogP contribution in [0.4, 0.5) is 0 Å². The van der Waals surface area contributed by atoms with Gasteiger partial charge < -0.3 is 10.2 Å². The van der Waals surface area contributed by atoms with Gasteiger partial charge in [-0.05, 0) is 58.9 Å². The zero-order valence-electron chi connectivity index (χ0n) is 43.5. The first-order valence-electron chi connectivity index (χ1n) is 29.7. The molecule has 1 N–H and O–H groups in total. The van der Waals surface area contributed by atoms with E-state index in [1.54, 1.807) is 0 Å². The van der Waals surface area contributed by atoms with Gasteiger partial charge in [0.15, 0.2) is 0 Å². The molecule has 0 saturated heterocycles. The van der Waals surface area contributed by atoms with Crippen LogP contribution in [-0.4, -0.2) is 38.1 Å². The molecule has 0 spiro atoms. The molecule has 0 radical (unpaired) electrons. The predicted octanol–water partition coefficient (Wildman–Crippen LogP) is 20.8. The van der Waals surface area contributed by atoms with E-state index >= 15 is 0 Å². The summed E-state index contributed by atoms with van der Waals surface area (Å²) in [6.45, 7) is 9.75. The molecule has 61 heavy (non-hydrogen) atoms. The predicted molar refractivity (Wildman–Crippen MR) is 282 cm³/mol. The summed E-state index contributed by atoms with van der Waals surface area (Å²) >= 11 is 0. The number of unbranched alkanes of at least 4 members (excludes halogenated alkanes) is 49. The average molecular weight is 860 g/mol. The SMILES string of the molecule is CCCCCCCCCCCCCCCCCCNCCCCCCCCCCCCCCCCCCCCCCN(C)CCCCCCCCCCCCCCCCCC. The van der Waals surface area contributed by atoms with Crippen molar-refractivity contribution in [1.82, 2.24) is 10.2 Å². The van der Waals surface area contributed by atoms with E-state index in [-0.39, 0.29) is 0 Å². The molecule has 0 aliphatic carbocycles. The monoisotopic (exact) mass is 859 g/mol. The molecule has 368 valence electrons. The van der Waals surface area contributed by atoms with Gasteiger partial charge in [0.05, 0.1) is 0 Å². The highest BCUT2D eigenvalue weighted by atomic mass is 15.1. The van der Waals surface area contributed by atoms with E-state index in [2.05, 4.69) is 31.1 Å². The lowest BCUT2D eigenvalue weighted by Gasteiger charge is -2.16. The van der Waals surface area contributed by atoms with Gasteiger partial charge in [-0.15, -0.1) is 0 Å². The van der Waals surface area contributed by atoms with E-state index in [0.717, 1.165) is 0 Å². The van der Waals surface area contributed by atoms with Crippen LogP contribution in [-0.2, 0) is 0 Å². The zero-order chi connectivity index (χ0) is 43.9. The summed E-state index contributed by atoms with van der Waals surface area (Å²) in [5, 5.41) is 3.71.